The fourth-order valence-electron chi connectivity index (χ4n) is 2.73. The highest BCUT2D eigenvalue weighted by molar-refractivity contribution is 8.00. The third kappa shape index (κ3) is 1.42. The zero-order valence-corrected chi connectivity index (χ0v) is 9.20. The Morgan fingerprint density at radius 3 is 2.15 bits per heavy atom. The van der Waals surface area contributed by atoms with E-state index in [0.717, 1.165) is 17.9 Å². The van der Waals surface area contributed by atoms with Crippen LogP contribution in [-0.4, -0.2) is 16.7 Å². The predicted octanol–water partition coefficient (Wildman–Crippen LogP) is 2.62. The van der Waals surface area contributed by atoms with Gasteiger partial charge < -0.3 is 0 Å². The van der Waals surface area contributed by atoms with Crippen LogP contribution in [-0.2, 0) is 0 Å². The minimum absolute atomic E-state index is 0.539. The molecule has 1 saturated heterocycles. The zero-order valence-electron chi connectivity index (χ0n) is 8.38. The Bertz CT molecular complexity index is 196. The smallest absolute Gasteiger partial charge is 0.0704 e. The molecular formula is C11H19NS. The van der Waals surface area contributed by atoms with Gasteiger partial charge in [0.05, 0.1) is 4.87 Å². The van der Waals surface area contributed by atoms with E-state index in [1.165, 1.54) is 37.9 Å². The van der Waals surface area contributed by atoms with Gasteiger partial charge in [-0.1, -0.05) is 0 Å². The first-order chi connectivity index (χ1) is 6.31. The van der Waals surface area contributed by atoms with E-state index < -0.39 is 0 Å². The molecule has 1 nitrogen and oxygen atoms in total. The van der Waals surface area contributed by atoms with Crippen molar-refractivity contribution < 1.29 is 0 Å². The van der Waals surface area contributed by atoms with Crippen LogP contribution in [0.2, 0.25) is 0 Å². The maximum Gasteiger partial charge on any atom is 0.0704 e. The van der Waals surface area contributed by atoms with Crippen LogP contribution in [0.25, 0.3) is 0 Å². The van der Waals surface area contributed by atoms with Gasteiger partial charge in [-0.15, -0.1) is 11.8 Å². The van der Waals surface area contributed by atoms with Gasteiger partial charge in [0.2, 0.25) is 0 Å². The van der Waals surface area contributed by atoms with Gasteiger partial charge in [0.15, 0.2) is 0 Å². The Labute approximate surface area is 85.0 Å². The summed E-state index contributed by atoms with van der Waals surface area (Å²) >= 11 is 2.24. The molecule has 0 spiro atoms. The topological polar surface area (TPSA) is 12.0 Å². The van der Waals surface area contributed by atoms with Gasteiger partial charge in [0, 0.05) is 6.04 Å². The molecule has 1 N–H and O–H groups in total. The summed E-state index contributed by atoms with van der Waals surface area (Å²) < 4.78 is 0. The van der Waals surface area contributed by atoms with Crippen molar-refractivity contribution in [2.45, 2.75) is 49.9 Å². The minimum atomic E-state index is 0.539. The van der Waals surface area contributed by atoms with Crippen molar-refractivity contribution in [3.8, 4) is 0 Å². The minimum Gasteiger partial charge on any atom is -0.300 e. The maximum atomic E-state index is 3.92. The lowest BCUT2D eigenvalue weighted by atomic mass is 10.0. The van der Waals surface area contributed by atoms with E-state index in [4.69, 9.17) is 0 Å². The largest absolute Gasteiger partial charge is 0.300 e. The van der Waals surface area contributed by atoms with E-state index >= 15 is 0 Å². The number of nitrogens with one attached hydrogen (secondary N) is 1. The molecule has 74 valence electrons. The highest BCUT2D eigenvalue weighted by atomic mass is 32.2. The van der Waals surface area contributed by atoms with E-state index in [-0.39, 0.29) is 0 Å². The van der Waals surface area contributed by atoms with Crippen LogP contribution < -0.4 is 5.32 Å². The average Bonchev–Trinajstić information content (AvgIpc) is 2.98. The van der Waals surface area contributed by atoms with Crippen LogP contribution in [0.15, 0.2) is 0 Å². The van der Waals surface area contributed by atoms with Gasteiger partial charge in [0.1, 0.15) is 0 Å². The van der Waals surface area contributed by atoms with Gasteiger partial charge in [-0.25, -0.2) is 0 Å². The Morgan fingerprint density at radius 1 is 1.08 bits per heavy atom. The van der Waals surface area contributed by atoms with Crippen molar-refractivity contribution >= 4 is 11.8 Å². The van der Waals surface area contributed by atoms with Crippen LogP contribution in [0, 0.1) is 11.8 Å². The first-order valence-corrected chi connectivity index (χ1v) is 6.71. The normalized spacial score (nSPS) is 39.0. The Kier molecular flexibility index (Phi) is 1.92. The molecule has 0 aromatic carbocycles. The summed E-state index contributed by atoms with van der Waals surface area (Å²) in [6, 6.07) is 0.766. The molecule has 1 heterocycles. The van der Waals surface area contributed by atoms with E-state index in [9.17, 15) is 0 Å². The Balaban J connectivity index is 1.79. The summed E-state index contributed by atoms with van der Waals surface area (Å²) in [5.41, 5.74) is 0. The number of hydrogen-bond acceptors (Lipinski definition) is 2. The molecule has 3 rings (SSSR count). The molecule has 0 radical (unpaired) electrons. The molecule has 2 heteroatoms. The third-order valence-electron chi connectivity index (χ3n) is 3.73. The van der Waals surface area contributed by atoms with E-state index in [1.807, 2.05) is 0 Å². The number of thioether (sulfide) groups is 1. The molecule has 0 aromatic rings. The van der Waals surface area contributed by atoms with Gasteiger partial charge in [-0.05, 0) is 56.6 Å². The SMILES string of the molecule is CC1CCSC(C2CC2)(C2CC2)N1. The first-order valence-electron chi connectivity index (χ1n) is 5.73. The summed E-state index contributed by atoms with van der Waals surface area (Å²) in [7, 11) is 0. The molecule has 1 unspecified atom stereocenters. The summed E-state index contributed by atoms with van der Waals surface area (Å²) in [4.78, 5) is 0.539. The fourth-order valence-corrected chi connectivity index (χ4v) is 4.77. The number of rotatable bonds is 2. The second-order valence-electron chi connectivity index (χ2n) is 5.02. The molecule has 13 heavy (non-hydrogen) atoms. The van der Waals surface area contributed by atoms with E-state index in [0.29, 0.717) is 4.87 Å². The maximum absolute atomic E-state index is 3.92. The molecule has 1 aliphatic heterocycles. The van der Waals surface area contributed by atoms with Crippen molar-refractivity contribution in [1.82, 2.24) is 5.32 Å². The molecular weight excluding hydrogens is 178 g/mol. The fraction of sp³-hybridized carbons (Fsp3) is 1.00. The second-order valence-corrected chi connectivity index (χ2v) is 6.40. The Morgan fingerprint density at radius 2 is 1.69 bits per heavy atom. The lowest BCUT2D eigenvalue weighted by Gasteiger charge is -2.42. The van der Waals surface area contributed by atoms with Crippen LogP contribution in [0.1, 0.15) is 39.0 Å². The van der Waals surface area contributed by atoms with Gasteiger partial charge in [0.25, 0.3) is 0 Å². The molecule has 3 fully saturated rings. The molecule has 2 saturated carbocycles. The van der Waals surface area contributed by atoms with Crippen molar-refractivity contribution in [3.05, 3.63) is 0 Å². The standard InChI is InChI=1S/C11H19NS/c1-8-6-7-13-11(12-8,9-2-3-9)10-4-5-10/h8-10,12H,2-7H2,1H3. The zero-order chi connectivity index (χ0) is 8.89. The van der Waals surface area contributed by atoms with Crippen LogP contribution >= 0.6 is 11.8 Å². The molecule has 0 bridgehead atoms. The highest BCUT2D eigenvalue weighted by Gasteiger charge is 2.55. The molecule has 3 aliphatic rings. The number of hydrogen-bond donors (Lipinski definition) is 1. The highest BCUT2D eigenvalue weighted by Crippen LogP contribution is 2.58. The monoisotopic (exact) mass is 197 g/mol. The second kappa shape index (κ2) is 2.90. The van der Waals surface area contributed by atoms with Crippen molar-refractivity contribution in [3.63, 3.8) is 0 Å². The predicted molar refractivity (Wildman–Crippen MR) is 57.9 cm³/mol. The average molecular weight is 197 g/mol. The van der Waals surface area contributed by atoms with Crippen LogP contribution in [0.5, 0.6) is 0 Å². The lowest BCUT2D eigenvalue weighted by molar-refractivity contribution is 0.317. The summed E-state index contributed by atoms with van der Waals surface area (Å²) in [5.74, 6) is 3.43. The van der Waals surface area contributed by atoms with Crippen molar-refractivity contribution in [2.75, 3.05) is 5.75 Å². The van der Waals surface area contributed by atoms with Crippen molar-refractivity contribution in [1.29, 1.82) is 0 Å². The first kappa shape index (κ1) is 8.60. The lowest BCUT2D eigenvalue weighted by Crippen LogP contribution is -2.53. The summed E-state index contributed by atoms with van der Waals surface area (Å²) in [5, 5.41) is 3.92. The van der Waals surface area contributed by atoms with Gasteiger partial charge >= 0.3 is 0 Å². The third-order valence-corrected chi connectivity index (χ3v) is 5.43. The van der Waals surface area contributed by atoms with E-state index in [1.54, 1.807) is 0 Å². The van der Waals surface area contributed by atoms with Crippen LogP contribution in [0.4, 0.5) is 0 Å². The molecule has 0 amide bonds. The molecule has 2 aliphatic carbocycles. The van der Waals surface area contributed by atoms with Crippen molar-refractivity contribution in [2.24, 2.45) is 11.8 Å². The van der Waals surface area contributed by atoms with Crippen LogP contribution in [0.3, 0.4) is 0 Å². The van der Waals surface area contributed by atoms with Gasteiger partial charge in [-0.3, -0.25) is 5.32 Å². The summed E-state index contributed by atoms with van der Waals surface area (Å²) in [6.45, 7) is 2.36. The van der Waals surface area contributed by atoms with Gasteiger partial charge in [-0.2, -0.15) is 0 Å². The summed E-state index contributed by atoms with van der Waals surface area (Å²) in [6.07, 6.45) is 7.32. The molecule has 0 aromatic heterocycles. The Hall–Kier alpha value is 0.310. The quantitative estimate of drug-likeness (QED) is 0.730. The van der Waals surface area contributed by atoms with E-state index in [2.05, 4.69) is 24.0 Å². The molecule has 1 atom stereocenters.